The van der Waals surface area contributed by atoms with E-state index < -0.39 is 0 Å². The van der Waals surface area contributed by atoms with Gasteiger partial charge in [0.05, 0.1) is 4.88 Å². The highest BCUT2D eigenvalue weighted by Gasteiger charge is 2.13. The van der Waals surface area contributed by atoms with Crippen molar-refractivity contribution in [1.29, 1.82) is 0 Å². The minimum Gasteiger partial charge on any atom is -0.410 e. The fourth-order valence-electron chi connectivity index (χ4n) is 2.46. The van der Waals surface area contributed by atoms with Gasteiger partial charge in [0.15, 0.2) is 11.5 Å². The first-order valence-electron chi connectivity index (χ1n) is 7.68. The van der Waals surface area contributed by atoms with Gasteiger partial charge in [0.2, 0.25) is 0 Å². The largest absolute Gasteiger partial charge is 0.410 e. The predicted octanol–water partition coefficient (Wildman–Crippen LogP) is 4.05. The lowest BCUT2D eigenvalue weighted by molar-refractivity contribution is 0.466. The third-order valence-corrected chi connectivity index (χ3v) is 5.27. The summed E-state index contributed by atoms with van der Waals surface area (Å²) in [6, 6.07) is 15.6. The Labute approximate surface area is 155 Å². The molecule has 0 saturated heterocycles. The molecular weight excluding hydrogens is 368 g/mol. The normalized spacial score (nSPS) is 11.2. The number of hydrogen-bond donors (Lipinski definition) is 0. The molecule has 0 aliphatic rings. The lowest BCUT2D eigenvalue weighted by Crippen LogP contribution is -1.92. The van der Waals surface area contributed by atoms with Gasteiger partial charge in [0.25, 0.3) is 11.1 Å². The highest BCUT2D eigenvalue weighted by molar-refractivity contribution is 7.99. The zero-order valence-electron chi connectivity index (χ0n) is 13.2. The Kier molecular flexibility index (Phi) is 3.72. The van der Waals surface area contributed by atoms with Gasteiger partial charge in [0, 0.05) is 11.6 Å². The second kappa shape index (κ2) is 6.36. The van der Waals surface area contributed by atoms with Gasteiger partial charge >= 0.3 is 0 Å². The number of thiophene rings is 1. The lowest BCUT2D eigenvalue weighted by atomic mass is 10.2. The Bertz CT molecular complexity index is 1170. The summed E-state index contributed by atoms with van der Waals surface area (Å²) in [4.78, 5) is 5.40. The molecule has 126 valence electrons. The maximum Gasteiger partial charge on any atom is 0.283 e. The van der Waals surface area contributed by atoms with Crippen molar-refractivity contribution in [2.75, 3.05) is 0 Å². The Morgan fingerprint density at radius 3 is 2.73 bits per heavy atom. The minimum atomic E-state index is 0.438. The quantitative estimate of drug-likeness (QED) is 0.436. The number of hydrogen-bond acceptors (Lipinski definition) is 8. The molecule has 0 bridgehead atoms. The average Bonchev–Trinajstić information content (AvgIpc) is 3.42. The van der Waals surface area contributed by atoms with Crippen LogP contribution in [0, 0.1) is 0 Å². The molecule has 26 heavy (non-hydrogen) atoms. The second-order valence-corrected chi connectivity index (χ2v) is 7.22. The summed E-state index contributed by atoms with van der Waals surface area (Å²) >= 11 is 2.85. The van der Waals surface area contributed by atoms with Gasteiger partial charge in [-0.15, -0.1) is 31.7 Å². The lowest BCUT2D eigenvalue weighted by Gasteiger charge is -2.00. The standard InChI is InChI=1S/C17H10N6OS2/c1-2-5-11(6-3-1)15-20-19-13-9-14(18-10-23(13)15)26-17-22-21-16(24-17)12-7-4-8-25-12/h1-10H. The van der Waals surface area contributed by atoms with E-state index in [2.05, 4.69) is 25.4 Å². The first-order valence-corrected chi connectivity index (χ1v) is 9.38. The van der Waals surface area contributed by atoms with E-state index in [1.807, 2.05) is 58.3 Å². The van der Waals surface area contributed by atoms with Crippen LogP contribution in [0.25, 0.3) is 27.8 Å². The molecule has 1 aromatic carbocycles. The summed E-state index contributed by atoms with van der Waals surface area (Å²) in [7, 11) is 0. The van der Waals surface area contributed by atoms with Gasteiger partial charge in [-0.1, -0.05) is 36.4 Å². The van der Waals surface area contributed by atoms with E-state index >= 15 is 0 Å². The molecule has 0 aliphatic carbocycles. The van der Waals surface area contributed by atoms with E-state index in [9.17, 15) is 0 Å². The van der Waals surface area contributed by atoms with Gasteiger partial charge in [-0.05, 0) is 23.2 Å². The molecule has 9 heteroatoms. The molecule has 0 unspecified atom stereocenters. The predicted molar refractivity (Wildman–Crippen MR) is 98.0 cm³/mol. The number of rotatable bonds is 4. The van der Waals surface area contributed by atoms with Crippen LogP contribution < -0.4 is 0 Å². The fraction of sp³-hybridized carbons (Fsp3) is 0. The first-order chi connectivity index (χ1) is 12.9. The molecule has 0 fully saturated rings. The molecule has 0 atom stereocenters. The van der Waals surface area contributed by atoms with Gasteiger partial charge in [-0.25, -0.2) is 4.98 Å². The van der Waals surface area contributed by atoms with Crippen LogP contribution in [-0.2, 0) is 0 Å². The van der Waals surface area contributed by atoms with Crippen molar-refractivity contribution in [3.05, 3.63) is 60.2 Å². The summed E-state index contributed by atoms with van der Waals surface area (Å²) in [5, 5.41) is 19.8. The summed E-state index contributed by atoms with van der Waals surface area (Å²) in [6.07, 6.45) is 1.70. The van der Waals surface area contributed by atoms with Gasteiger partial charge < -0.3 is 4.42 Å². The Hall–Kier alpha value is -3.04. The Morgan fingerprint density at radius 2 is 1.88 bits per heavy atom. The highest BCUT2D eigenvalue weighted by Crippen LogP contribution is 2.30. The monoisotopic (exact) mass is 378 g/mol. The van der Waals surface area contributed by atoms with E-state index in [1.54, 1.807) is 17.7 Å². The van der Waals surface area contributed by atoms with Crippen molar-refractivity contribution in [3.8, 4) is 22.2 Å². The molecule has 0 radical (unpaired) electrons. The zero-order valence-corrected chi connectivity index (χ0v) is 14.8. The van der Waals surface area contributed by atoms with Crippen molar-refractivity contribution < 1.29 is 4.42 Å². The Morgan fingerprint density at radius 1 is 0.962 bits per heavy atom. The van der Waals surface area contributed by atoms with Crippen LogP contribution in [0.3, 0.4) is 0 Å². The molecule has 0 spiro atoms. The van der Waals surface area contributed by atoms with E-state index in [-0.39, 0.29) is 0 Å². The van der Waals surface area contributed by atoms with Crippen molar-refractivity contribution in [3.63, 3.8) is 0 Å². The van der Waals surface area contributed by atoms with Crippen molar-refractivity contribution in [2.45, 2.75) is 10.2 Å². The van der Waals surface area contributed by atoms with Crippen LogP contribution in [0.15, 0.2) is 74.9 Å². The number of fused-ring (bicyclic) bond motifs is 1. The minimum absolute atomic E-state index is 0.438. The van der Waals surface area contributed by atoms with Crippen LogP contribution in [0.5, 0.6) is 0 Å². The van der Waals surface area contributed by atoms with E-state index in [0.29, 0.717) is 21.8 Å². The van der Waals surface area contributed by atoms with Crippen LogP contribution in [0.1, 0.15) is 0 Å². The van der Waals surface area contributed by atoms with Crippen LogP contribution in [-0.4, -0.2) is 29.8 Å². The second-order valence-electron chi connectivity index (χ2n) is 5.30. The molecule has 0 saturated carbocycles. The molecule has 0 amide bonds. The molecule has 0 N–H and O–H groups in total. The van der Waals surface area contributed by atoms with Crippen LogP contribution in [0.2, 0.25) is 0 Å². The van der Waals surface area contributed by atoms with Gasteiger partial charge in [0.1, 0.15) is 11.4 Å². The van der Waals surface area contributed by atoms with E-state index in [0.717, 1.165) is 16.3 Å². The smallest absolute Gasteiger partial charge is 0.283 e. The fourth-order valence-corrected chi connectivity index (χ4v) is 3.75. The SMILES string of the molecule is c1ccc(-c2nnc3cc(Sc4nnc(-c5cccs5)o4)ncn23)cc1. The summed E-state index contributed by atoms with van der Waals surface area (Å²) in [5.41, 5.74) is 1.69. The Balaban J connectivity index is 1.44. The number of aromatic nitrogens is 6. The maximum atomic E-state index is 5.69. The van der Waals surface area contributed by atoms with Crippen molar-refractivity contribution in [2.24, 2.45) is 0 Å². The summed E-state index contributed by atoms with van der Waals surface area (Å²) in [5.74, 6) is 1.26. The van der Waals surface area contributed by atoms with Gasteiger partial charge in [-0.2, -0.15) is 0 Å². The van der Waals surface area contributed by atoms with Crippen LogP contribution >= 0.6 is 23.1 Å². The number of nitrogens with zero attached hydrogens (tertiary/aromatic N) is 6. The van der Waals surface area contributed by atoms with E-state index in [1.165, 1.54) is 11.8 Å². The number of benzene rings is 1. The average molecular weight is 378 g/mol. The first kappa shape index (κ1) is 15.2. The molecule has 4 aromatic heterocycles. The molecule has 7 nitrogen and oxygen atoms in total. The maximum absolute atomic E-state index is 5.69. The van der Waals surface area contributed by atoms with E-state index in [4.69, 9.17) is 4.42 Å². The topological polar surface area (TPSA) is 82.0 Å². The molecular formula is C17H10N6OS2. The molecule has 5 aromatic rings. The van der Waals surface area contributed by atoms with Crippen molar-refractivity contribution in [1.82, 2.24) is 29.8 Å². The summed E-state index contributed by atoms with van der Waals surface area (Å²) < 4.78 is 7.54. The molecule has 0 aliphatic heterocycles. The van der Waals surface area contributed by atoms with Crippen molar-refractivity contribution >= 4 is 28.7 Å². The molecule has 4 heterocycles. The van der Waals surface area contributed by atoms with Gasteiger partial charge in [-0.3, -0.25) is 4.40 Å². The molecule has 5 rings (SSSR count). The third-order valence-electron chi connectivity index (χ3n) is 3.64. The highest BCUT2D eigenvalue weighted by atomic mass is 32.2. The summed E-state index contributed by atoms with van der Waals surface area (Å²) in [6.45, 7) is 0. The zero-order chi connectivity index (χ0) is 17.3. The van der Waals surface area contributed by atoms with Crippen LogP contribution in [0.4, 0.5) is 0 Å². The third kappa shape index (κ3) is 2.76.